The summed E-state index contributed by atoms with van der Waals surface area (Å²) in [6, 6.07) is 0. The lowest BCUT2D eigenvalue weighted by Gasteiger charge is -1.97. The molecular weight excluding hydrogens is 180 g/mol. The first-order chi connectivity index (χ1) is 7.41. The van der Waals surface area contributed by atoms with Crippen molar-refractivity contribution in [3.63, 3.8) is 0 Å². The van der Waals surface area contributed by atoms with Gasteiger partial charge in [-0.25, -0.2) is 0 Å². The number of hydrogen-bond acceptors (Lipinski definition) is 0. The minimum absolute atomic E-state index is 1.10. The second-order valence-corrected chi connectivity index (χ2v) is 4.10. The van der Waals surface area contributed by atoms with Crippen LogP contribution in [0.2, 0.25) is 0 Å². The van der Waals surface area contributed by atoms with Gasteiger partial charge in [-0.3, -0.25) is 0 Å². The Hall–Kier alpha value is -0.520. The van der Waals surface area contributed by atoms with E-state index in [1.165, 1.54) is 51.4 Å². The zero-order chi connectivity index (χ0) is 11.2. The molecule has 0 atom stereocenters. The van der Waals surface area contributed by atoms with Crippen molar-refractivity contribution in [2.24, 2.45) is 0 Å². The highest BCUT2D eigenvalue weighted by Gasteiger charge is 1.87. The molecule has 0 fully saturated rings. The summed E-state index contributed by atoms with van der Waals surface area (Å²) in [5.74, 6) is 0. The number of allylic oxidation sites excluding steroid dienone is 3. The molecule has 0 aliphatic rings. The van der Waals surface area contributed by atoms with E-state index in [4.69, 9.17) is 0 Å². The molecule has 0 unspecified atom stereocenters. The summed E-state index contributed by atoms with van der Waals surface area (Å²) in [4.78, 5) is 0. The molecule has 0 aromatic rings. The van der Waals surface area contributed by atoms with Crippen molar-refractivity contribution in [3.05, 3.63) is 31.7 Å². The van der Waals surface area contributed by atoms with Gasteiger partial charge < -0.3 is 0 Å². The monoisotopic (exact) mass is 207 g/mol. The summed E-state index contributed by atoms with van der Waals surface area (Å²) in [5.41, 5.74) is 0. The summed E-state index contributed by atoms with van der Waals surface area (Å²) in [6.07, 6.45) is 19.4. The van der Waals surface area contributed by atoms with Crippen molar-refractivity contribution in [2.75, 3.05) is 0 Å². The fraction of sp³-hybridized carbons (Fsp3) is 0.667. The Balaban J connectivity index is 2.99. The van der Waals surface area contributed by atoms with Crippen LogP contribution in [0.4, 0.5) is 0 Å². The van der Waals surface area contributed by atoms with Crippen LogP contribution in [0.15, 0.2) is 24.8 Å². The van der Waals surface area contributed by atoms with E-state index in [0.717, 1.165) is 12.8 Å². The molecule has 1 radical (unpaired) electrons. The largest absolute Gasteiger partial charge is 0.103 e. The summed E-state index contributed by atoms with van der Waals surface area (Å²) >= 11 is 0. The molecule has 87 valence electrons. The van der Waals surface area contributed by atoms with Gasteiger partial charge in [0.05, 0.1) is 0 Å². The van der Waals surface area contributed by atoms with E-state index in [2.05, 4.69) is 25.7 Å². The SMILES string of the molecule is [CH2]CCCCCCCC=CCCCC=C. The molecule has 0 saturated heterocycles. The average Bonchev–Trinajstić information content (AvgIpc) is 2.26. The van der Waals surface area contributed by atoms with Gasteiger partial charge in [0.15, 0.2) is 0 Å². The second-order valence-electron chi connectivity index (χ2n) is 4.10. The Morgan fingerprint density at radius 2 is 1.27 bits per heavy atom. The molecule has 15 heavy (non-hydrogen) atoms. The molecule has 0 nitrogen and oxygen atoms in total. The Labute approximate surface area is 96.5 Å². The van der Waals surface area contributed by atoms with Crippen molar-refractivity contribution in [2.45, 2.75) is 64.2 Å². The fourth-order valence-electron chi connectivity index (χ4n) is 1.59. The lowest BCUT2D eigenvalue weighted by atomic mass is 10.1. The quantitative estimate of drug-likeness (QED) is 0.311. The van der Waals surface area contributed by atoms with Gasteiger partial charge >= 0.3 is 0 Å². The van der Waals surface area contributed by atoms with Crippen molar-refractivity contribution in [3.8, 4) is 0 Å². The normalized spacial score (nSPS) is 11.0. The third kappa shape index (κ3) is 13.5. The lowest BCUT2D eigenvalue weighted by molar-refractivity contribution is 0.621. The molecule has 0 bridgehead atoms. The summed E-state index contributed by atoms with van der Waals surface area (Å²) < 4.78 is 0. The zero-order valence-corrected chi connectivity index (χ0v) is 10.2. The molecule has 0 heterocycles. The van der Waals surface area contributed by atoms with Gasteiger partial charge in [-0.05, 0) is 32.1 Å². The van der Waals surface area contributed by atoms with E-state index in [1.54, 1.807) is 0 Å². The van der Waals surface area contributed by atoms with Crippen molar-refractivity contribution in [1.82, 2.24) is 0 Å². The maximum Gasteiger partial charge on any atom is -0.0348 e. The first-order valence-electron chi connectivity index (χ1n) is 6.47. The van der Waals surface area contributed by atoms with Gasteiger partial charge in [0, 0.05) is 0 Å². The standard InChI is InChI=1S/C15H27/c1-3-5-7-9-11-13-15-14-12-10-8-6-4-2/h3,11,13H,1-2,4-10,12,14-15H2. The highest BCUT2D eigenvalue weighted by atomic mass is 13.9. The smallest absolute Gasteiger partial charge is 0.0348 e. The number of hydrogen-bond donors (Lipinski definition) is 0. The van der Waals surface area contributed by atoms with Gasteiger partial charge in [0.1, 0.15) is 0 Å². The topological polar surface area (TPSA) is 0 Å². The predicted molar refractivity (Wildman–Crippen MR) is 70.9 cm³/mol. The minimum atomic E-state index is 1.10. The first kappa shape index (κ1) is 14.5. The molecule has 0 heteroatoms. The maximum absolute atomic E-state index is 3.85. The van der Waals surface area contributed by atoms with Crippen LogP contribution in [0.5, 0.6) is 0 Å². The van der Waals surface area contributed by atoms with Gasteiger partial charge in [0.2, 0.25) is 0 Å². The molecule has 0 aromatic carbocycles. The summed E-state index contributed by atoms with van der Waals surface area (Å²) in [7, 11) is 0. The first-order valence-corrected chi connectivity index (χ1v) is 6.47. The molecule has 0 saturated carbocycles. The number of rotatable bonds is 11. The van der Waals surface area contributed by atoms with E-state index in [0.29, 0.717) is 0 Å². The van der Waals surface area contributed by atoms with Crippen LogP contribution in [0.25, 0.3) is 0 Å². The molecule has 0 aromatic heterocycles. The average molecular weight is 207 g/mol. The molecule has 0 aliphatic carbocycles. The van der Waals surface area contributed by atoms with E-state index < -0.39 is 0 Å². The lowest BCUT2D eigenvalue weighted by Crippen LogP contribution is -1.77. The molecule has 0 amide bonds. The molecule has 0 rings (SSSR count). The van der Waals surface area contributed by atoms with Crippen LogP contribution in [0.1, 0.15) is 64.2 Å². The van der Waals surface area contributed by atoms with Crippen molar-refractivity contribution >= 4 is 0 Å². The summed E-state index contributed by atoms with van der Waals surface area (Å²) in [6.45, 7) is 7.57. The van der Waals surface area contributed by atoms with Crippen LogP contribution in [-0.4, -0.2) is 0 Å². The van der Waals surface area contributed by atoms with Crippen LogP contribution in [0, 0.1) is 6.92 Å². The van der Waals surface area contributed by atoms with E-state index in [9.17, 15) is 0 Å². The predicted octanol–water partition coefficient (Wildman–Crippen LogP) is 5.46. The second kappa shape index (κ2) is 13.5. The van der Waals surface area contributed by atoms with E-state index in [-0.39, 0.29) is 0 Å². The van der Waals surface area contributed by atoms with Gasteiger partial charge in [0.25, 0.3) is 0 Å². The molecule has 0 N–H and O–H groups in total. The Morgan fingerprint density at radius 1 is 0.667 bits per heavy atom. The molecule has 0 spiro atoms. The zero-order valence-electron chi connectivity index (χ0n) is 10.2. The Morgan fingerprint density at radius 3 is 1.93 bits per heavy atom. The fourth-order valence-corrected chi connectivity index (χ4v) is 1.59. The Kier molecular flexibility index (Phi) is 13.0. The summed E-state index contributed by atoms with van der Waals surface area (Å²) in [5, 5.41) is 0. The third-order valence-corrected chi connectivity index (χ3v) is 2.57. The molecular formula is C15H27. The van der Waals surface area contributed by atoms with Crippen molar-refractivity contribution < 1.29 is 0 Å². The Bertz CT molecular complexity index is 144. The molecule has 0 aliphatic heterocycles. The minimum Gasteiger partial charge on any atom is -0.103 e. The number of unbranched alkanes of at least 4 members (excludes halogenated alkanes) is 8. The van der Waals surface area contributed by atoms with Crippen LogP contribution in [-0.2, 0) is 0 Å². The van der Waals surface area contributed by atoms with Crippen LogP contribution < -0.4 is 0 Å². The van der Waals surface area contributed by atoms with E-state index >= 15 is 0 Å². The highest BCUT2D eigenvalue weighted by molar-refractivity contribution is 4.82. The highest BCUT2D eigenvalue weighted by Crippen LogP contribution is 2.07. The van der Waals surface area contributed by atoms with Crippen LogP contribution in [0.3, 0.4) is 0 Å². The van der Waals surface area contributed by atoms with Gasteiger partial charge in [-0.1, -0.05) is 57.3 Å². The third-order valence-electron chi connectivity index (χ3n) is 2.57. The van der Waals surface area contributed by atoms with Crippen LogP contribution >= 0.6 is 0 Å². The van der Waals surface area contributed by atoms with E-state index in [1.807, 2.05) is 6.08 Å². The van der Waals surface area contributed by atoms with Crippen molar-refractivity contribution in [1.29, 1.82) is 0 Å². The maximum atomic E-state index is 3.85. The van der Waals surface area contributed by atoms with Gasteiger partial charge in [-0.15, -0.1) is 6.58 Å². The van der Waals surface area contributed by atoms with Gasteiger partial charge in [-0.2, -0.15) is 0 Å².